The van der Waals surface area contributed by atoms with Gasteiger partial charge in [-0.05, 0) is 23.8 Å². The zero-order valence-corrected chi connectivity index (χ0v) is 10.5. The second kappa shape index (κ2) is 5.21. The van der Waals surface area contributed by atoms with Crippen LogP contribution in [0.2, 0.25) is 0 Å². The van der Waals surface area contributed by atoms with Gasteiger partial charge in [0.2, 0.25) is 0 Å². The molecule has 0 aromatic heterocycles. The highest BCUT2D eigenvalue weighted by Crippen LogP contribution is 2.37. The Hall–Kier alpha value is -1.51. The lowest BCUT2D eigenvalue weighted by Crippen LogP contribution is -2.38. The van der Waals surface area contributed by atoms with Gasteiger partial charge in [-0.3, -0.25) is 0 Å². The largest absolute Gasteiger partial charge is 0.334 e. The van der Waals surface area contributed by atoms with Gasteiger partial charge in [0.1, 0.15) is 0 Å². The van der Waals surface area contributed by atoms with E-state index in [-0.39, 0.29) is 6.03 Å². The minimum atomic E-state index is 0.0213. The van der Waals surface area contributed by atoms with Gasteiger partial charge in [-0.25, -0.2) is 4.79 Å². The molecule has 1 saturated carbocycles. The van der Waals surface area contributed by atoms with Gasteiger partial charge in [0.15, 0.2) is 0 Å². The maximum absolute atomic E-state index is 11.8. The smallest absolute Gasteiger partial charge is 0.317 e. The fraction of sp³-hybridized carbons (Fsp3) is 0.500. The second-order valence-corrected chi connectivity index (χ2v) is 5.00. The van der Waals surface area contributed by atoms with E-state index in [2.05, 4.69) is 12.2 Å². The van der Waals surface area contributed by atoms with Crippen LogP contribution in [0, 0.1) is 11.8 Å². The molecule has 3 nitrogen and oxygen atoms in total. The van der Waals surface area contributed by atoms with Gasteiger partial charge in [-0.1, -0.05) is 37.3 Å². The van der Waals surface area contributed by atoms with E-state index in [9.17, 15) is 4.79 Å². The summed E-state index contributed by atoms with van der Waals surface area (Å²) < 4.78 is 0. The summed E-state index contributed by atoms with van der Waals surface area (Å²) in [4.78, 5) is 13.6. The van der Waals surface area contributed by atoms with E-state index < -0.39 is 0 Å². The SMILES string of the molecule is CC1CC1CN(C)C(=O)NCc1ccccc1. The van der Waals surface area contributed by atoms with Crippen molar-refractivity contribution in [2.45, 2.75) is 19.9 Å². The molecule has 0 radical (unpaired) electrons. The maximum atomic E-state index is 11.8. The van der Waals surface area contributed by atoms with E-state index in [1.807, 2.05) is 37.4 Å². The van der Waals surface area contributed by atoms with Crippen LogP contribution in [0.3, 0.4) is 0 Å². The zero-order chi connectivity index (χ0) is 12.3. The Labute approximate surface area is 103 Å². The molecule has 17 heavy (non-hydrogen) atoms. The molecule has 1 aromatic rings. The van der Waals surface area contributed by atoms with Crippen molar-refractivity contribution in [3.8, 4) is 0 Å². The van der Waals surface area contributed by atoms with Crippen molar-refractivity contribution in [2.24, 2.45) is 11.8 Å². The van der Waals surface area contributed by atoms with Crippen LogP contribution in [0.4, 0.5) is 4.79 Å². The third-order valence-corrected chi connectivity index (χ3v) is 3.42. The van der Waals surface area contributed by atoms with Crippen LogP contribution in [0.15, 0.2) is 30.3 Å². The van der Waals surface area contributed by atoms with Gasteiger partial charge in [0.05, 0.1) is 0 Å². The second-order valence-electron chi connectivity index (χ2n) is 5.00. The first-order valence-electron chi connectivity index (χ1n) is 6.19. The first kappa shape index (κ1) is 12.0. The Morgan fingerprint density at radius 1 is 1.41 bits per heavy atom. The van der Waals surface area contributed by atoms with Crippen molar-refractivity contribution in [3.63, 3.8) is 0 Å². The van der Waals surface area contributed by atoms with E-state index in [0.29, 0.717) is 12.5 Å². The summed E-state index contributed by atoms with van der Waals surface area (Å²) in [5.41, 5.74) is 1.13. The predicted octanol–water partition coefficient (Wildman–Crippen LogP) is 2.48. The van der Waals surface area contributed by atoms with Crippen molar-refractivity contribution in [1.29, 1.82) is 0 Å². The lowest BCUT2D eigenvalue weighted by molar-refractivity contribution is 0.206. The predicted molar refractivity (Wildman–Crippen MR) is 68.6 cm³/mol. The molecule has 1 N–H and O–H groups in total. The van der Waals surface area contributed by atoms with Gasteiger partial charge >= 0.3 is 6.03 Å². The summed E-state index contributed by atoms with van der Waals surface area (Å²) in [6.45, 7) is 3.71. The summed E-state index contributed by atoms with van der Waals surface area (Å²) in [6, 6.07) is 10.0. The number of benzene rings is 1. The van der Waals surface area contributed by atoms with E-state index in [0.717, 1.165) is 18.0 Å². The number of amides is 2. The van der Waals surface area contributed by atoms with Gasteiger partial charge in [-0.2, -0.15) is 0 Å². The van der Waals surface area contributed by atoms with Crippen LogP contribution in [0.25, 0.3) is 0 Å². The fourth-order valence-electron chi connectivity index (χ4n) is 2.00. The molecule has 92 valence electrons. The highest BCUT2D eigenvalue weighted by Gasteiger charge is 2.34. The number of rotatable bonds is 4. The molecule has 2 rings (SSSR count). The average molecular weight is 232 g/mol. The van der Waals surface area contributed by atoms with Gasteiger partial charge in [0.25, 0.3) is 0 Å². The number of nitrogens with one attached hydrogen (secondary N) is 1. The van der Waals surface area contributed by atoms with Crippen LogP contribution < -0.4 is 5.32 Å². The normalized spacial score (nSPS) is 22.0. The van der Waals surface area contributed by atoms with Crippen molar-refractivity contribution < 1.29 is 4.79 Å². The molecule has 0 spiro atoms. The van der Waals surface area contributed by atoms with Crippen molar-refractivity contribution in [1.82, 2.24) is 10.2 Å². The van der Waals surface area contributed by atoms with Gasteiger partial charge in [0, 0.05) is 20.1 Å². The summed E-state index contributed by atoms with van der Waals surface area (Å²) >= 11 is 0. The fourth-order valence-corrected chi connectivity index (χ4v) is 2.00. The Balaban J connectivity index is 1.73. The molecule has 1 fully saturated rings. The summed E-state index contributed by atoms with van der Waals surface area (Å²) in [6.07, 6.45) is 1.26. The Morgan fingerprint density at radius 2 is 2.06 bits per heavy atom. The van der Waals surface area contributed by atoms with Gasteiger partial charge in [-0.15, -0.1) is 0 Å². The van der Waals surface area contributed by atoms with Crippen LogP contribution >= 0.6 is 0 Å². The van der Waals surface area contributed by atoms with Crippen LogP contribution in [-0.2, 0) is 6.54 Å². The first-order valence-corrected chi connectivity index (χ1v) is 6.19. The molecule has 0 heterocycles. The molecule has 2 amide bonds. The minimum Gasteiger partial charge on any atom is -0.334 e. The number of hydrogen-bond acceptors (Lipinski definition) is 1. The number of hydrogen-bond donors (Lipinski definition) is 1. The van der Waals surface area contributed by atoms with Crippen molar-refractivity contribution in [3.05, 3.63) is 35.9 Å². The number of carbonyl (C=O) groups is 1. The lowest BCUT2D eigenvalue weighted by Gasteiger charge is -2.17. The highest BCUT2D eigenvalue weighted by molar-refractivity contribution is 5.73. The average Bonchev–Trinajstić information content (AvgIpc) is 3.03. The monoisotopic (exact) mass is 232 g/mol. The highest BCUT2D eigenvalue weighted by atomic mass is 16.2. The van der Waals surface area contributed by atoms with E-state index in [1.54, 1.807) is 4.90 Å². The molecule has 3 heteroatoms. The third-order valence-electron chi connectivity index (χ3n) is 3.42. The van der Waals surface area contributed by atoms with E-state index in [4.69, 9.17) is 0 Å². The molecule has 0 saturated heterocycles. The lowest BCUT2D eigenvalue weighted by atomic mass is 10.2. The molecule has 1 aliphatic rings. The summed E-state index contributed by atoms with van der Waals surface area (Å²) in [7, 11) is 1.87. The van der Waals surface area contributed by atoms with E-state index in [1.165, 1.54) is 6.42 Å². The van der Waals surface area contributed by atoms with Crippen LogP contribution in [0.1, 0.15) is 18.9 Å². The van der Waals surface area contributed by atoms with Crippen LogP contribution in [-0.4, -0.2) is 24.5 Å². The standard InChI is InChI=1S/C14H20N2O/c1-11-8-13(11)10-16(2)14(17)15-9-12-6-4-3-5-7-12/h3-7,11,13H,8-10H2,1-2H3,(H,15,17). The molecular formula is C14H20N2O. The number of carbonyl (C=O) groups excluding carboxylic acids is 1. The van der Waals surface area contributed by atoms with E-state index >= 15 is 0 Å². The van der Waals surface area contributed by atoms with Gasteiger partial charge < -0.3 is 10.2 Å². The molecule has 2 atom stereocenters. The summed E-state index contributed by atoms with van der Waals surface area (Å²) in [5, 5.41) is 2.93. The Bertz CT molecular complexity index is 377. The molecule has 1 aliphatic carbocycles. The zero-order valence-electron chi connectivity index (χ0n) is 10.5. The topological polar surface area (TPSA) is 32.3 Å². The van der Waals surface area contributed by atoms with Crippen molar-refractivity contribution in [2.75, 3.05) is 13.6 Å². The molecule has 2 unspecified atom stereocenters. The Kier molecular flexibility index (Phi) is 3.67. The molecule has 1 aromatic carbocycles. The van der Waals surface area contributed by atoms with Crippen molar-refractivity contribution >= 4 is 6.03 Å². The maximum Gasteiger partial charge on any atom is 0.317 e. The number of urea groups is 1. The van der Waals surface area contributed by atoms with Crippen LogP contribution in [0.5, 0.6) is 0 Å². The molecule has 0 bridgehead atoms. The number of nitrogens with zero attached hydrogens (tertiary/aromatic N) is 1. The molecule has 0 aliphatic heterocycles. The Morgan fingerprint density at radius 3 is 2.65 bits per heavy atom. The summed E-state index contributed by atoms with van der Waals surface area (Å²) in [5.74, 6) is 1.50. The third kappa shape index (κ3) is 3.48. The molecular weight excluding hydrogens is 212 g/mol. The minimum absolute atomic E-state index is 0.0213. The quantitative estimate of drug-likeness (QED) is 0.850. The first-order chi connectivity index (χ1) is 8.16.